The van der Waals surface area contributed by atoms with Crippen molar-refractivity contribution in [1.82, 2.24) is 10.2 Å². The molecule has 0 atom stereocenters. The van der Waals surface area contributed by atoms with Crippen molar-refractivity contribution >= 4 is 17.5 Å². The fraction of sp³-hybridized carbons (Fsp3) is 0.562. The van der Waals surface area contributed by atoms with Crippen molar-refractivity contribution in [2.75, 3.05) is 39.5 Å². The van der Waals surface area contributed by atoms with Crippen LogP contribution in [0.4, 0.5) is 0 Å². The summed E-state index contributed by atoms with van der Waals surface area (Å²) in [5.74, 6) is 0.503. The van der Waals surface area contributed by atoms with Gasteiger partial charge in [0.2, 0.25) is 0 Å². The number of hydrogen-bond donors (Lipinski definition) is 1. The van der Waals surface area contributed by atoms with E-state index in [0.29, 0.717) is 17.3 Å². The maximum absolute atomic E-state index is 11.9. The number of nitrogens with one attached hydrogen (secondary N) is 1. The fourth-order valence-corrected chi connectivity index (χ4v) is 2.45. The Morgan fingerprint density at radius 3 is 2.59 bits per heavy atom. The molecule has 122 valence electrons. The normalized spacial score (nSPS) is 16.3. The molecule has 1 saturated heterocycles. The molecule has 1 fully saturated rings. The second kappa shape index (κ2) is 7.81. The zero-order chi connectivity index (χ0) is 16.0. The lowest BCUT2D eigenvalue weighted by Gasteiger charge is -2.40. The van der Waals surface area contributed by atoms with Crippen LogP contribution in [0.15, 0.2) is 24.3 Å². The van der Waals surface area contributed by atoms with Crippen molar-refractivity contribution in [3.63, 3.8) is 0 Å². The van der Waals surface area contributed by atoms with Crippen LogP contribution in [0.1, 0.15) is 13.8 Å². The number of carbonyl (C=O) groups is 1. The van der Waals surface area contributed by atoms with E-state index in [1.165, 1.54) is 0 Å². The number of rotatable bonds is 6. The molecular weight excluding hydrogens is 304 g/mol. The summed E-state index contributed by atoms with van der Waals surface area (Å²) >= 11 is 5.80. The van der Waals surface area contributed by atoms with Crippen molar-refractivity contribution in [3.8, 4) is 5.75 Å². The molecule has 0 unspecified atom stereocenters. The zero-order valence-corrected chi connectivity index (χ0v) is 13.9. The smallest absolute Gasteiger partial charge is 0.258 e. The molecule has 1 aliphatic heterocycles. The molecule has 1 heterocycles. The molecule has 2 rings (SSSR count). The molecule has 1 aromatic rings. The van der Waals surface area contributed by atoms with Crippen LogP contribution in [0.25, 0.3) is 0 Å². The second-order valence-electron chi connectivity index (χ2n) is 5.93. The van der Waals surface area contributed by atoms with E-state index in [9.17, 15) is 4.79 Å². The second-order valence-corrected chi connectivity index (χ2v) is 6.37. The summed E-state index contributed by atoms with van der Waals surface area (Å²) in [5, 5.41) is 3.57. The average Bonchev–Trinajstić information content (AvgIpc) is 2.53. The molecule has 0 radical (unpaired) electrons. The van der Waals surface area contributed by atoms with Crippen molar-refractivity contribution in [1.29, 1.82) is 0 Å². The highest BCUT2D eigenvalue weighted by Crippen LogP contribution is 2.16. The summed E-state index contributed by atoms with van der Waals surface area (Å²) in [6.45, 7) is 8.11. The molecule has 22 heavy (non-hydrogen) atoms. The van der Waals surface area contributed by atoms with E-state index in [2.05, 4.69) is 24.1 Å². The minimum Gasteiger partial charge on any atom is -0.484 e. The van der Waals surface area contributed by atoms with Gasteiger partial charge < -0.3 is 14.8 Å². The zero-order valence-electron chi connectivity index (χ0n) is 13.1. The van der Waals surface area contributed by atoms with Gasteiger partial charge in [-0.15, -0.1) is 0 Å². The molecule has 1 N–H and O–H groups in total. The van der Waals surface area contributed by atoms with Gasteiger partial charge >= 0.3 is 0 Å². The Labute approximate surface area is 136 Å². The monoisotopic (exact) mass is 326 g/mol. The number of benzene rings is 1. The van der Waals surface area contributed by atoms with E-state index < -0.39 is 0 Å². The third kappa shape index (κ3) is 5.16. The lowest BCUT2D eigenvalue weighted by atomic mass is 10.0. The van der Waals surface area contributed by atoms with E-state index in [1.54, 1.807) is 24.3 Å². The van der Waals surface area contributed by atoms with E-state index in [1.807, 2.05) is 0 Å². The first kappa shape index (κ1) is 17.1. The molecule has 0 bridgehead atoms. The topological polar surface area (TPSA) is 50.8 Å². The van der Waals surface area contributed by atoms with Crippen LogP contribution in [0.2, 0.25) is 5.02 Å². The number of amides is 1. The Hall–Kier alpha value is -1.30. The van der Waals surface area contributed by atoms with Gasteiger partial charge in [-0.05, 0) is 38.1 Å². The van der Waals surface area contributed by atoms with Gasteiger partial charge in [-0.3, -0.25) is 9.69 Å². The van der Waals surface area contributed by atoms with Gasteiger partial charge in [0.15, 0.2) is 6.61 Å². The van der Waals surface area contributed by atoms with Crippen molar-refractivity contribution < 1.29 is 14.3 Å². The van der Waals surface area contributed by atoms with E-state index >= 15 is 0 Å². The maximum atomic E-state index is 11.9. The Morgan fingerprint density at radius 1 is 1.32 bits per heavy atom. The molecular formula is C16H23ClN2O3. The van der Waals surface area contributed by atoms with Crippen LogP contribution >= 0.6 is 11.6 Å². The lowest BCUT2D eigenvalue weighted by Crippen LogP contribution is -2.55. The van der Waals surface area contributed by atoms with Crippen molar-refractivity contribution in [2.45, 2.75) is 19.4 Å². The maximum Gasteiger partial charge on any atom is 0.258 e. The predicted molar refractivity (Wildman–Crippen MR) is 86.4 cm³/mol. The summed E-state index contributed by atoms with van der Waals surface area (Å²) in [6.07, 6.45) is 0. The standard InChI is InChI=1S/C16H23ClN2O3/c1-16(2,19-7-9-21-10-8-19)12-18-15(20)11-22-14-5-3-13(17)4-6-14/h3-6H,7-12H2,1-2H3,(H,18,20). The highest BCUT2D eigenvalue weighted by molar-refractivity contribution is 6.30. The van der Waals surface area contributed by atoms with E-state index in [4.69, 9.17) is 21.1 Å². The van der Waals surface area contributed by atoms with Crippen LogP contribution in [0.5, 0.6) is 5.75 Å². The average molecular weight is 327 g/mol. The minimum absolute atomic E-state index is 0.000817. The highest BCUT2D eigenvalue weighted by atomic mass is 35.5. The first-order valence-electron chi connectivity index (χ1n) is 7.45. The van der Waals surface area contributed by atoms with Gasteiger partial charge in [-0.25, -0.2) is 0 Å². The van der Waals surface area contributed by atoms with Crippen molar-refractivity contribution in [3.05, 3.63) is 29.3 Å². The first-order chi connectivity index (χ1) is 10.5. The summed E-state index contributed by atoms with van der Waals surface area (Å²) < 4.78 is 10.8. The molecule has 0 spiro atoms. The number of carbonyl (C=O) groups excluding carboxylic acids is 1. The van der Waals surface area contributed by atoms with Crippen LogP contribution < -0.4 is 10.1 Å². The fourth-order valence-electron chi connectivity index (χ4n) is 2.33. The van der Waals surface area contributed by atoms with Crippen LogP contribution in [0.3, 0.4) is 0 Å². The van der Waals surface area contributed by atoms with Gasteiger partial charge in [0.1, 0.15) is 5.75 Å². The summed E-state index contributed by atoms with van der Waals surface area (Å²) in [4.78, 5) is 14.2. The molecule has 0 saturated carbocycles. The molecule has 6 heteroatoms. The lowest BCUT2D eigenvalue weighted by molar-refractivity contribution is -0.123. The van der Waals surface area contributed by atoms with Crippen LogP contribution in [-0.2, 0) is 9.53 Å². The number of nitrogens with zero attached hydrogens (tertiary/aromatic N) is 1. The van der Waals surface area contributed by atoms with Crippen LogP contribution in [-0.4, -0.2) is 55.8 Å². The Morgan fingerprint density at radius 2 is 1.95 bits per heavy atom. The third-order valence-corrected chi connectivity index (χ3v) is 4.02. The molecule has 1 amide bonds. The van der Waals surface area contributed by atoms with Gasteiger partial charge in [0, 0.05) is 30.2 Å². The third-order valence-electron chi connectivity index (χ3n) is 3.77. The van der Waals surface area contributed by atoms with Gasteiger partial charge in [0.25, 0.3) is 5.91 Å². The largest absolute Gasteiger partial charge is 0.484 e. The minimum atomic E-state index is -0.128. The van der Waals surface area contributed by atoms with E-state index in [0.717, 1.165) is 26.3 Å². The molecule has 1 aromatic carbocycles. The van der Waals surface area contributed by atoms with Gasteiger partial charge in [0.05, 0.1) is 13.2 Å². The quantitative estimate of drug-likeness (QED) is 0.868. The molecule has 0 aliphatic carbocycles. The summed E-state index contributed by atoms with van der Waals surface area (Å²) in [5.41, 5.74) is -0.0975. The summed E-state index contributed by atoms with van der Waals surface area (Å²) in [7, 11) is 0. The van der Waals surface area contributed by atoms with Crippen molar-refractivity contribution in [2.24, 2.45) is 0 Å². The van der Waals surface area contributed by atoms with Crippen LogP contribution in [0, 0.1) is 0 Å². The molecule has 5 nitrogen and oxygen atoms in total. The highest BCUT2D eigenvalue weighted by Gasteiger charge is 2.28. The Bertz CT molecular complexity index is 485. The number of ether oxygens (including phenoxy) is 2. The number of halogens is 1. The Kier molecular flexibility index (Phi) is 6.06. The SMILES string of the molecule is CC(C)(CNC(=O)COc1ccc(Cl)cc1)N1CCOCC1. The van der Waals surface area contributed by atoms with Gasteiger partial charge in [-0.1, -0.05) is 11.6 Å². The van der Waals surface area contributed by atoms with Gasteiger partial charge in [-0.2, -0.15) is 0 Å². The first-order valence-corrected chi connectivity index (χ1v) is 7.83. The Balaban J connectivity index is 1.73. The molecule has 1 aliphatic rings. The summed E-state index contributed by atoms with van der Waals surface area (Å²) in [6, 6.07) is 6.95. The number of morpholine rings is 1. The predicted octanol–water partition coefficient (Wildman–Crippen LogP) is 1.95. The number of hydrogen-bond acceptors (Lipinski definition) is 4. The molecule has 0 aromatic heterocycles. The van der Waals surface area contributed by atoms with E-state index in [-0.39, 0.29) is 18.1 Å².